The number of hydrogen-bond acceptors (Lipinski definition) is 1. The molecular formula is C15H19BrFNO. The second-order valence-electron chi connectivity index (χ2n) is 5.72. The summed E-state index contributed by atoms with van der Waals surface area (Å²) in [7, 11) is 0. The van der Waals surface area contributed by atoms with E-state index in [2.05, 4.69) is 35.1 Å². The van der Waals surface area contributed by atoms with Gasteiger partial charge in [0, 0.05) is 11.6 Å². The molecule has 1 amide bonds. The minimum absolute atomic E-state index is 0.183. The van der Waals surface area contributed by atoms with Crippen molar-refractivity contribution in [3.8, 4) is 0 Å². The highest BCUT2D eigenvalue weighted by Crippen LogP contribution is 2.28. The van der Waals surface area contributed by atoms with E-state index in [0.29, 0.717) is 21.9 Å². The molecule has 1 aromatic rings. The van der Waals surface area contributed by atoms with Crippen molar-refractivity contribution >= 4 is 21.8 Å². The average molecular weight is 328 g/mol. The lowest BCUT2D eigenvalue weighted by atomic mass is 9.80. The third-order valence-electron chi connectivity index (χ3n) is 3.70. The van der Waals surface area contributed by atoms with Gasteiger partial charge in [-0.1, -0.05) is 13.8 Å². The Morgan fingerprint density at radius 3 is 2.47 bits per heavy atom. The largest absolute Gasteiger partial charge is 0.349 e. The first-order valence-corrected chi connectivity index (χ1v) is 7.51. The average Bonchev–Trinajstić information content (AvgIpc) is 2.31. The van der Waals surface area contributed by atoms with Crippen molar-refractivity contribution < 1.29 is 9.18 Å². The number of amides is 1. The van der Waals surface area contributed by atoms with Gasteiger partial charge >= 0.3 is 0 Å². The molecule has 0 spiro atoms. The lowest BCUT2D eigenvalue weighted by Gasteiger charge is -2.32. The van der Waals surface area contributed by atoms with Crippen molar-refractivity contribution in [2.75, 3.05) is 0 Å². The normalized spacial score (nSPS) is 27.1. The van der Waals surface area contributed by atoms with Crippen LogP contribution in [0.4, 0.5) is 4.39 Å². The molecule has 2 nitrogen and oxygen atoms in total. The molecule has 104 valence electrons. The highest BCUT2D eigenvalue weighted by Gasteiger charge is 2.25. The predicted molar refractivity (Wildman–Crippen MR) is 77.5 cm³/mol. The molecule has 1 aromatic carbocycles. The molecule has 2 unspecified atom stereocenters. The summed E-state index contributed by atoms with van der Waals surface area (Å²) in [5, 5.41) is 3.02. The van der Waals surface area contributed by atoms with Crippen molar-refractivity contribution in [1.29, 1.82) is 0 Å². The monoisotopic (exact) mass is 327 g/mol. The summed E-state index contributed by atoms with van der Waals surface area (Å²) in [5.74, 6) is 0.683. The Kier molecular flexibility index (Phi) is 4.61. The summed E-state index contributed by atoms with van der Waals surface area (Å²) >= 11 is 3.09. The number of benzene rings is 1. The van der Waals surface area contributed by atoms with Gasteiger partial charge in [-0.3, -0.25) is 4.79 Å². The fourth-order valence-electron chi connectivity index (χ4n) is 2.97. The summed E-state index contributed by atoms with van der Waals surface area (Å²) in [6, 6.07) is 4.68. The molecule has 0 bridgehead atoms. The lowest BCUT2D eigenvalue weighted by molar-refractivity contribution is 0.0910. The molecular weight excluding hydrogens is 309 g/mol. The number of hydrogen-bond donors (Lipinski definition) is 1. The first-order valence-electron chi connectivity index (χ1n) is 6.71. The van der Waals surface area contributed by atoms with Crippen LogP contribution in [0.5, 0.6) is 0 Å². The Bertz CT molecular complexity index is 467. The van der Waals surface area contributed by atoms with Gasteiger partial charge in [-0.25, -0.2) is 4.39 Å². The second kappa shape index (κ2) is 6.04. The van der Waals surface area contributed by atoms with Crippen LogP contribution in [0.15, 0.2) is 22.7 Å². The molecule has 1 N–H and O–H groups in total. The van der Waals surface area contributed by atoms with Crippen molar-refractivity contribution in [3.63, 3.8) is 0 Å². The van der Waals surface area contributed by atoms with E-state index in [0.717, 1.165) is 12.8 Å². The Hall–Kier alpha value is -0.900. The van der Waals surface area contributed by atoms with Crippen molar-refractivity contribution in [3.05, 3.63) is 34.1 Å². The van der Waals surface area contributed by atoms with Gasteiger partial charge in [0.2, 0.25) is 0 Å². The van der Waals surface area contributed by atoms with Gasteiger partial charge in [-0.2, -0.15) is 0 Å². The summed E-state index contributed by atoms with van der Waals surface area (Å²) in [6.07, 6.45) is 3.24. The van der Waals surface area contributed by atoms with E-state index in [9.17, 15) is 9.18 Å². The van der Waals surface area contributed by atoms with Crippen LogP contribution >= 0.6 is 15.9 Å². The molecule has 19 heavy (non-hydrogen) atoms. The summed E-state index contributed by atoms with van der Waals surface area (Å²) in [6.45, 7) is 4.43. The Morgan fingerprint density at radius 2 is 1.89 bits per heavy atom. The molecule has 4 heteroatoms. The zero-order chi connectivity index (χ0) is 14.0. The van der Waals surface area contributed by atoms with Crippen LogP contribution in [0.25, 0.3) is 0 Å². The van der Waals surface area contributed by atoms with E-state index in [-0.39, 0.29) is 11.9 Å². The van der Waals surface area contributed by atoms with Crippen molar-refractivity contribution in [2.24, 2.45) is 11.8 Å². The zero-order valence-corrected chi connectivity index (χ0v) is 12.8. The van der Waals surface area contributed by atoms with Crippen LogP contribution in [0.2, 0.25) is 0 Å². The van der Waals surface area contributed by atoms with Crippen molar-refractivity contribution in [2.45, 2.75) is 39.2 Å². The highest BCUT2D eigenvalue weighted by molar-refractivity contribution is 9.10. The Morgan fingerprint density at radius 1 is 1.26 bits per heavy atom. The lowest BCUT2D eigenvalue weighted by Crippen LogP contribution is -2.40. The molecule has 1 aliphatic rings. The summed E-state index contributed by atoms with van der Waals surface area (Å²) in [5.41, 5.74) is 0.381. The molecule has 0 aliphatic heterocycles. The summed E-state index contributed by atoms with van der Waals surface area (Å²) in [4.78, 5) is 12.1. The molecule has 0 radical (unpaired) electrons. The molecule has 1 fully saturated rings. The minimum atomic E-state index is -0.405. The molecule has 2 atom stereocenters. The predicted octanol–water partition coefficient (Wildman–Crippen LogP) is 4.14. The Balaban J connectivity index is 2.02. The fraction of sp³-hybridized carbons (Fsp3) is 0.533. The van der Waals surface area contributed by atoms with Crippen molar-refractivity contribution in [1.82, 2.24) is 5.32 Å². The van der Waals surface area contributed by atoms with E-state index in [4.69, 9.17) is 0 Å². The fourth-order valence-corrected chi connectivity index (χ4v) is 3.22. The van der Waals surface area contributed by atoms with Gasteiger partial charge in [-0.05, 0) is 65.2 Å². The topological polar surface area (TPSA) is 29.1 Å². The van der Waals surface area contributed by atoms with Crippen LogP contribution in [-0.2, 0) is 0 Å². The third kappa shape index (κ3) is 3.78. The van der Waals surface area contributed by atoms with Gasteiger partial charge in [0.15, 0.2) is 0 Å². The standard InChI is InChI=1S/C15H19BrFNO/c1-9-5-10(2)7-12(6-9)18-15(19)11-3-4-13(16)14(17)8-11/h3-4,8-10,12H,5-7H2,1-2H3,(H,18,19). The second-order valence-corrected chi connectivity index (χ2v) is 6.57. The summed E-state index contributed by atoms with van der Waals surface area (Å²) < 4.78 is 13.8. The minimum Gasteiger partial charge on any atom is -0.349 e. The van der Waals surface area contributed by atoms with E-state index < -0.39 is 5.82 Å². The van der Waals surface area contributed by atoms with E-state index in [1.165, 1.54) is 12.5 Å². The van der Waals surface area contributed by atoms with E-state index >= 15 is 0 Å². The van der Waals surface area contributed by atoms with Crippen LogP contribution in [0, 0.1) is 17.7 Å². The van der Waals surface area contributed by atoms with Crippen LogP contribution in [-0.4, -0.2) is 11.9 Å². The van der Waals surface area contributed by atoms with Gasteiger partial charge in [0.25, 0.3) is 5.91 Å². The van der Waals surface area contributed by atoms with Crippen LogP contribution in [0.1, 0.15) is 43.5 Å². The number of carbonyl (C=O) groups is 1. The molecule has 1 aliphatic carbocycles. The van der Waals surface area contributed by atoms with Gasteiger partial charge in [0.1, 0.15) is 5.82 Å². The van der Waals surface area contributed by atoms with Crippen LogP contribution < -0.4 is 5.32 Å². The van der Waals surface area contributed by atoms with E-state index in [1.807, 2.05) is 0 Å². The molecule has 0 saturated heterocycles. The smallest absolute Gasteiger partial charge is 0.251 e. The zero-order valence-electron chi connectivity index (χ0n) is 11.2. The van der Waals surface area contributed by atoms with Gasteiger partial charge < -0.3 is 5.32 Å². The maximum Gasteiger partial charge on any atom is 0.251 e. The number of rotatable bonds is 2. The first-order chi connectivity index (χ1) is 8.95. The van der Waals surface area contributed by atoms with E-state index in [1.54, 1.807) is 12.1 Å². The van der Waals surface area contributed by atoms with Crippen LogP contribution in [0.3, 0.4) is 0 Å². The maximum absolute atomic E-state index is 13.4. The molecule has 0 aromatic heterocycles. The number of halogens is 2. The first kappa shape index (κ1) is 14.5. The molecule has 2 rings (SSSR count). The third-order valence-corrected chi connectivity index (χ3v) is 4.34. The SMILES string of the molecule is CC1CC(C)CC(NC(=O)c2ccc(Br)c(F)c2)C1. The van der Waals surface area contributed by atoms with Gasteiger partial charge in [0.05, 0.1) is 4.47 Å². The van der Waals surface area contributed by atoms with Gasteiger partial charge in [-0.15, -0.1) is 0 Å². The number of carbonyl (C=O) groups excluding carboxylic acids is 1. The quantitative estimate of drug-likeness (QED) is 0.868. The molecule has 1 saturated carbocycles. The Labute approximate surface area is 121 Å². The highest BCUT2D eigenvalue weighted by atomic mass is 79.9. The molecule has 0 heterocycles. The number of nitrogens with one attached hydrogen (secondary N) is 1. The maximum atomic E-state index is 13.4.